The second kappa shape index (κ2) is 7.57. The van der Waals surface area contributed by atoms with Crippen molar-refractivity contribution in [1.29, 1.82) is 0 Å². The summed E-state index contributed by atoms with van der Waals surface area (Å²) in [5, 5.41) is 3.08. The maximum Gasteiger partial charge on any atom is 0.251 e. The molecule has 3 aromatic rings. The molecule has 0 aliphatic rings. The third-order valence-corrected chi connectivity index (χ3v) is 4.02. The van der Waals surface area contributed by atoms with Gasteiger partial charge >= 0.3 is 0 Å². The molecule has 0 saturated carbocycles. The number of nitrogens with two attached hydrogens (primary N) is 1. The number of hydrogen-bond acceptors (Lipinski definition) is 2. The number of carbonyl (C=O) groups excluding carboxylic acids is 1. The first-order chi connectivity index (χ1) is 11.8. The molecule has 2 atom stereocenters. The first-order valence-corrected chi connectivity index (χ1v) is 7.97. The van der Waals surface area contributed by atoms with E-state index >= 15 is 0 Å². The quantitative estimate of drug-likeness (QED) is 0.751. The van der Waals surface area contributed by atoms with Crippen LogP contribution in [0, 0.1) is 0 Å². The van der Waals surface area contributed by atoms with Crippen LogP contribution in [0.15, 0.2) is 91.0 Å². The summed E-state index contributed by atoms with van der Waals surface area (Å²) in [5.74, 6) is -0.129. The van der Waals surface area contributed by atoms with Crippen molar-refractivity contribution in [2.75, 3.05) is 0 Å². The topological polar surface area (TPSA) is 55.1 Å². The fourth-order valence-electron chi connectivity index (χ4n) is 2.72. The average molecular weight is 316 g/mol. The zero-order valence-electron chi connectivity index (χ0n) is 13.3. The summed E-state index contributed by atoms with van der Waals surface area (Å²) in [6.45, 7) is 0. The van der Waals surface area contributed by atoms with E-state index in [-0.39, 0.29) is 18.0 Å². The van der Waals surface area contributed by atoms with Gasteiger partial charge in [0.15, 0.2) is 0 Å². The van der Waals surface area contributed by atoms with E-state index in [4.69, 9.17) is 5.73 Å². The van der Waals surface area contributed by atoms with Crippen molar-refractivity contribution in [2.45, 2.75) is 12.1 Å². The van der Waals surface area contributed by atoms with Gasteiger partial charge in [-0.15, -0.1) is 0 Å². The molecule has 1 amide bonds. The predicted octanol–water partition coefficient (Wildman–Crippen LogP) is 3.86. The molecular weight excluding hydrogens is 296 g/mol. The zero-order valence-corrected chi connectivity index (χ0v) is 13.3. The molecule has 0 fully saturated rings. The number of rotatable bonds is 5. The van der Waals surface area contributed by atoms with Crippen molar-refractivity contribution in [3.05, 3.63) is 108 Å². The minimum atomic E-state index is -0.332. The van der Waals surface area contributed by atoms with Crippen molar-refractivity contribution in [1.82, 2.24) is 5.32 Å². The van der Waals surface area contributed by atoms with Crippen molar-refractivity contribution in [3.63, 3.8) is 0 Å². The number of carbonyl (C=O) groups is 1. The van der Waals surface area contributed by atoms with Crippen LogP contribution in [0.3, 0.4) is 0 Å². The van der Waals surface area contributed by atoms with E-state index in [1.165, 1.54) is 0 Å². The first kappa shape index (κ1) is 16.0. The lowest BCUT2D eigenvalue weighted by Crippen LogP contribution is -2.36. The van der Waals surface area contributed by atoms with Crippen molar-refractivity contribution in [2.24, 2.45) is 5.73 Å². The summed E-state index contributed by atoms with van der Waals surface area (Å²) in [5.41, 5.74) is 9.08. The van der Waals surface area contributed by atoms with Crippen LogP contribution >= 0.6 is 0 Å². The number of amides is 1. The van der Waals surface area contributed by atoms with Gasteiger partial charge in [0.25, 0.3) is 5.91 Å². The number of benzene rings is 3. The molecule has 3 nitrogen and oxygen atoms in total. The molecule has 0 aliphatic carbocycles. The summed E-state index contributed by atoms with van der Waals surface area (Å²) in [6.07, 6.45) is 0. The Hall–Kier alpha value is -2.91. The van der Waals surface area contributed by atoms with Crippen LogP contribution in [-0.4, -0.2) is 5.91 Å². The van der Waals surface area contributed by atoms with Gasteiger partial charge < -0.3 is 11.1 Å². The zero-order chi connectivity index (χ0) is 16.8. The Bertz CT molecular complexity index is 773. The van der Waals surface area contributed by atoms with Gasteiger partial charge in [0, 0.05) is 5.56 Å². The highest BCUT2D eigenvalue weighted by Crippen LogP contribution is 2.27. The van der Waals surface area contributed by atoms with Crippen LogP contribution in [0.1, 0.15) is 33.6 Å². The minimum absolute atomic E-state index is 0.129. The van der Waals surface area contributed by atoms with Crippen LogP contribution in [0.5, 0.6) is 0 Å². The second-order valence-corrected chi connectivity index (χ2v) is 5.66. The Labute approximate surface area is 142 Å². The van der Waals surface area contributed by atoms with Crippen LogP contribution in [-0.2, 0) is 0 Å². The van der Waals surface area contributed by atoms with Crippen LogP contribution in [0.4, 0.5) is 0 Å². The van der Waals surface area contributed by atoms with E-state index in [2.05, 4.69) is 5.32 Å². The molecule has 0 spiro atoms. The molecule has 3 N–H and O–H groups in total. The summed E-state index contributed by atoms with van der Waals surface area (Å²) in [4.78, 5) is 12.6. The van der Waals surface area contributed by atoms with Gasteiger partial charge in [-0.25, -0.2) is 0 Å². The van der Waals surface area contributed by atoms with E-state index < -0.39 is 0 Å². The first-order valence-electron chi connectivity index (χ1n) is 7.97. The molecule has 3 rings (SSSR count). The fourth-order valence-corrected chi connectivity index (χ4v) is 2.72. The summed E-state index contributed by atoms with van der Waals surface area (Å²) < 4.78 is 0. The van der Waals surface area contributed by atoms with E-state index in [1.54, 1.807) is 12.1 Å². The smallest absolute Gasteiger partial charge is 0.251 e. The molecule has 24 heavy (non-hydrogen) atoms. The monoisotopic (exact) mass is 316 g/mol. The molecule has 0 aliphatic heterocycles. The van der Waals surface area contributed by atoms with Gasteiger partial charge in [-0.1, -0.05) is 78.9 Å². The molecular formula is C21H20N2O. The molecule has 0 bridgehead atoms. The number of nitrogens with one attached hydrogen (secondary N) is 1. The van der Waals surface area contributed by atoms with Gasteiger partial charge in [-0.05, 0) is 23.3 Å². The van der Waals surface area contributed by atoms with Gasteiger partial charge in [-0.2, -0.15) is 0 Å². The van der Waals surface area contributed by atoms with Gasteiger partial charge in [-0.3, -0.25) is 4.79 Å². The minimum Gasteiger partial charge on any atom is -0.343 e. The maximum atomic E-state index is 12.6. The Morgan fingerprint density at radius 3 is 1.71 bits per heavy atom. The third kappa shape index (κ3) is 3.70. The molecule has 0 aromatic heterocycles. The van der Waals surface area contributed by atoms with Crippen molar-refractivity contribution >= 4 is 5.91 Å². The summed E-state index contributed by atoms with van der Waals surface area (Å²) in [7, 11) is 0. The predicted molar refractivity (Wildman–Crippen MR) is 96.5 cm³/mol. The van der Waals surface area contributed by atoms with Crippen molar-refractivity contribution < 1.29 is 4.79 Å². The van der Waals surface area contributed by atoms with E-state index in [9.17, 15) is 4.79 Å². The highest BCUT2D eigenvalue weighted by atomic mass is 16.1. The Morgan fingerprint density at radius 1 is 0.708 bits per heavy atom. The second-order valence-electron chi connectivity index (χ2n) is 5.66. The Kier molecular flexibility index (Phi) is 5.04. The standard InChI is InChI=1S/C21H20N2O/c22-19(16-10-4-1-5-11-16)20(17-12-6-2-7-13-17)23-21(24)18-14-8-3-9-15-18/h1-15,19-20H,22H2,(H,23,24)/t19-,20-/m0/s1. The van der Waals surface area contributed by atoms with Crippen LogP contribution in [0.2, 0.25) is 0 Å². The molecule has 0 saturated heterocycles. The molecule has 120 valence electrons. The highest BCUT2D eigenvalue weighted by molar-refractivity contribution is 5.94. The lowest BCUT2D eigenvalue weighted by Gasteiger charge is -2.26. The normalized spacial score (nSPS) is 13.0. The molecule has 0 heterocycles. The highest BCUT2D eigenvalue weighted by Gasteiger charge is 2.23. The lowest BCUT2D eigenvalue weighted by molar-refractivity contribution is 0.0930. The SMILES string of the molecule is N[C@@H](c1ccccc1)[C@@H](NC(=O)c1ccccc1)c1ccccc1. The number of hydrogen-bond donors (Lipinski definition) is 2. The average Bonchev–Trinajstić information content (AvgIpc) is 2.67. The van der Waals surface area contributed by atoms with E-state index in [0.717, 1.165) is 11.1 Å². The van der Waals surface area contributed by atoms with Gasteiger partial charge in [0.2, 0.25) is 0 Å². The molecule has 3 aromatic carbocycles. The molecule has 0 radical (unpaired) electrons. The lowest BCUT2D eigenvalue weighted by atomic mass is 9.93. The maximum absolute atomic E-state index is 12.6. The largest absolute Gasteiger partial charge is 0.343 e. The van der Waals surface area contributed by atoms with E-state index in [1.807, 2.05) is 78.9 Å². The molecule has 3 heteroatoms. The van der Waals surface area contributed by atoms with Crippen LogP contribution < -0.4 is 11.1 Å². The molecule has 0 unspecified atom stereocenters. The van der Waals surface area contributed by atoms with Crippen molar-refractivity contribution in [3.8, 4) is 0 Å². The van der Waals surface area contributed by atoms with E-state index in [0.29, 0.717) is 5.56 Å². The fraction of sp³-hybridized carbons (Fsp3) is 0.0952. The Balaban J connectivity index is 1.90. The Morgan fingerprint density at radius 2 is 1.17 bits per heavy atom. The summed E-state index contributed by atoms with van der Waals surface area (Å²) >= 11 is 0. The summed E-state index contributed by atoms with van der Waals surface area (Å²) in [6, 6.07) is 28.2. The van der Waals surface area contributed by atoms with Gasteiger partial charge in [0.05, 0.1) is 12.1 Å². The van der Waals surface area contributed by atoms with Crippen LogP contribution in [0.25, 0.3) is 0 Å². The van der Waals surface area contributed by atoms with Gasteiger partial charge in [0.1, 0.15) is 0 Å². The third-order valence-electron chi connectivity index (χ3n) is 4.02.